The van der Waals surface area contributed by atoms with E-state index in [0.717, 1.165) is 21.2 Å². The van der Waals surface area contributed by atoms with Crippen molar-refractivity contribution in [2.75, 3.05) is 6.54 Å². The number of hydrogen-bond donors (Lipinski definition) is 0. The second-order valence-electron chi connectivity index (χ2n) is 3.53. The largest absolute Gasteiger partial charge is 0.277 e. The second kappa shape index (κ2) is 5.66. The Hall–Kier alpha value is -0.150. The van der Waals surface area contributed by atoms with E-state index in [-0.39, 0.29) is 0 Å². The van der Waals surface area contributed by atoms with Gasteiger partial charge in [-0.1, -0.05) is 41.9 Å². The van der Waals surface area contributed by atoms with Crippen molar-refractivity contribution in [2.24, 2.45) is 10.9 Å². The van der Waals surface area contributed by atoms with Crippen molar-refractivity contribution < 1.29 is 0 Å². The zero-order chi connectivity index (χ0) is 10.6. The average Bonchev–Trinajstić information content (AvgIpc) is 2.15. The maximum Gasteiger partial charge on any atom is 0.107 e. The van der Waals surface area contributed by atoms with E-state index >= 15 is 0 Å². The molecule has 1 nitrogen and oxygen atoms in total. The third-order valence-corrected chi connectivity index (χ3v) is 2.91. The summed E-state index contributed by atoms with van der Waals surface area (Å²) in [7, 11) is 0. The van der Waals surface area contributed by atoms with Crippen LogP contribution >= 0.6 is 31.9 Å². The molecule has 0 bridgehead atoms. The number of aliphatic imine (C=N–C) groups is 1. The van der Waals surface area contributed by atoms with Crippen LogP contribution in [0.2, 0.25) is 0 Å². The van der Waals surface area contributed by atoms with E-state index in [2.05, 4.69) is 50.7 Å². The summed E-state index contributed by atoms with van der Waals surface area (Å²) >= 11 is 6.88. The number of hydrogen-bond acceptors (Lipinski definition) is 1. The molecule has 76 valence electrons. The van der Waals surface area contributed by atoms with E-state index in [1.807, 2.05) is 24.3 Å². The molecule has 14 heavy (non-hydrogen) atoms. The summed E-state index contributed by atoms with van der Waals surface area (Å²) in [5.41, 5.74) is 1.12. The fourth-order valence-corrected chi connectivity index (χ4v) is 1.61. The van der Waals surface area contributed by atoms with Crippen LogP contribution in [0.15, 0.2) is 33.7 Å². The lowest BCUT2D eigenvalue weighted by molar-refractivity contribution is 0.667. The lowest BCUT2D eigenvalue weighted by Crippen LogP contribution is -1.97. The minimum atomic E-state index is 0.595. The van der Waals surface area contributed by atoms with Crippen molar-refractivity contribution in [2.45, 2.75) is 13.8 Å². The normalized spacial score (nSPS) is 12.2. The molecule has 0 amide bonds. The zero-order valence-corrected chi connectivity index (χ0v) is 11.5. The Morgan fingerprint density at radius 3 is 2.36 bits per heavy atom. The molecule has 1 aromatic rings. The second-order valence-corrected chi connectivity index (χ2v) is 5.20. The zero-order valence-electron chi connectivity index (χ0n) is 8.30. The Labute approximate surface area is 102 Å². The monoisotopic (exact) mass is 317 g/mol. The van der Waals surface area contributed by atoms with Crippen LogP contribution in [0.4, 0.5) is 0 Å². The topological polar surface area (TPSA) is 12.4 Å². The minimum Gasteiger partial charge on any atom is -0.277 e. The first kappa shape index (κ1) is 11.9. The Balaban J connectivity index is 2.73. The van der Waals surface area contributed by atoms with E-state index in [0.29, 0.717) is 5.92 Å². The lowest BCUT2D eigenvalue weighted by atomic mass is 10.2. The van der Waals surface area contributed by atoms with Gasteiger partial charge >= 0.3 is 0 Å². The lowest BCUT2D eigenvalue weighted by Gasteiger charge is -2.01. The van der Waals surface area contributed by atoms with E-state index in [1.54, 1.807) is 0 Å². The molecule has 1 rings (SSSR count). The molecule has 0 aromatic heterocycles. The smallest absolute Gasteiger partial charge is 0.107 e. The van der Waals surface area contributed by atoms with Gasteiger partial charge in [-0.3, -0.25) is 4.99 Å². The summed E-state index contributed by atoms with van der Waals surface area (Å²) in [5.74, 6) is 0.595. The fourth-order valence-electron chi connectivity index (χ4n) is 0.941. The molecule has 0 N–H and O–H groups in total. The van der Waals surface area contributed by atoms with Gasteiger partial charge in [0.05, 0.1) is 0 Å². The van der Waals surface area contributed by atoms with Crippen LogP contribution in [0, 0.1) is 5.92 Å². The van der Waals surface area contributed by atoms with Gasteiger partial charge in [0.2, 0.25) is 0 Å². The molecule has 0 saturated heterocycles. The third-order valence-electron chi connectivity index (χ3n) is 1.68. The van der Waals surface area contributed by atoms with E-state index in [1.165, 1.54) is 0 Å². The maximum absolute atomic E-state index is 4.44. The van der Waals surface area contributed by atoms with Gasteiger partial charge in [-0.25, -0.2) is 0 Å². The first-order valence-corrected chi connectivity index (χ1v) is 6.14. The molecular formula is C11H13Br2N. The summed E-state index contributed by atoms with van der Waals surface area (Å²) in [6.07, 6.45) is 0. The molecule has 0 atom stereocenters. The standard InChI is InChI=1S/C11H13Br2N/c1-8(2)7-14-11(13)9-3-5-10(12)6-4-9/h3-6,8H,7H2,1-2H3. The van der Waals surface area contributed by atoms with Crippen LogP contribution in [-0.2, 0) is 0 Å². The van der Waals surface area contributed by atoms with Gasteiger partial charge in [-0.05, 0) is 34.0 Å². The van der Waals surface area contributed by atoms with Gasteiger partial charge < -0.3 is 0 Å². The highest BCUT2D eigenvalue weighted by Gasteiger charge is 1.99. The van der Waals surface area contributed by atoms with E-state index in [4.69, 9.17) is 0 Å². The first-order chi connectivity index (χ1) is 6.59. The minimum absolute atomic E-state index is 0.595. The van der Waals surface area contributed by atoms with Crippen molar-refractivity contribution in [3.8, 4) is 0 Å². The number of rotatable bonds is 3. The van der Waals surface area contributed by atoms with E-state index in [9.17, 15) is 0 Å². The van der Waals surface area contributed by atoms with Crippen LogP contribution in [0.1, 0.15) is 19.4 Å². The number of benzene rings is 1. The van der Waals surface area contributed by atoms with Crippen LogP contribution < -0.4 is 0 Å². The van der Waals surface area contributed by atoms with Crippen molar-refractivity contribution in [1.82, 2.24) is 0 Å². The molecule has 0 saturated carbocycles. The highest BCUT2D eigenvalue weighted by Crippen LogP contribution is 2.13. The Morgan fingerprint density at radius 1 is 1.29 bits per heavy atom. The van der Waals surface area contributed by atoms with Gasteiger partial charge in [0.25, 0.3) is 0 Å². The van der Waals surface area contributed by atoms with Crippen molar-refractivity contribution >= 4 is 36.5 Å². The Morgan fingerprint density at radius 2 is 1.86 bits per heavy atom. The first-order valence-electron chi connectivity index (χ1n) is 4.55. The highest BCUT2D eigenvalue weighted by molar-refractivity contribution is 9.18. The summed E-state index contributed by atoms with van der Waals surface area (Å²) in [5, 5.41) is 0. The van der Waals surface area contributed by atoms with Gasteiger partial charge in [-0.15, -0.1) is 0 Å². The van der Waals surface area contributed by atoms with Crippen LogP contribution in [-0.4, -0.2) is 11.2 Å². The summed E-state index contributed by atoms with van der Waals surface area (Å²) in [6, 6.07) is 8.11. The summed E-state index contributed by atoms with van der Waals surface area (Å²) in [4.78, 5) is 4.44. The quantitative estimate of drug-likeness (QED) is 0.739. The van der Waals surface area contributed by atoms with Gasteiger partial charge in [-0.2, -0.15) is 0 Å². The molecule has 0 fully saturated rings. The SMILES string of the molecule is CC(C)CN=C(Br)c1ccc(Br)cc1. The average molecular weight is 319 g/mol. The Bertz CT molecular complexity index is 315. The molecule has 0 unspecified atom stereocenters. The predicted molar refractivity (Wildman–Crippen MR) is 69.3 cm³/mol. The molecule has 0 aliphatic rings. The molecule has 0 aliphatic carbocycles. The van der Waals surface area contributed by atoms with Crippen LogP contribution in [0.3, 0.4) is 0 Å². The van der Waals surface area contributed by atoms with Gasteiger partial charge in [0.15, 0.2) is 0 Å². The number of nitrogens with zero attached hydrogens (tertiary/aromatic N) is 1. The molecule has 0 heterocycles. The van der Waals surface area contributed by atoms with Gasteiger partial charge in [0, 0.05) is 16.6 Å². The summed E-state index contributed by atoms with van der Waals surface area (Å²) < 4.78 is 2.02. The molecule has 3 heteroatoms. The van der Waals surface area contributed by atoms with Crippen LogP contribution in [0.25, 0.3) is 0 Å². The molecular weight excluding hydrogens is 306 g/mol. The predicted octanol–water partition coefficient (Wildman–Crippen LogP) is 4.25. The van der Waals surface area contributed by atoms with Crippen molar-refractivity contribution in [1.29, 1.82) is 0 Å². The maximum atomic E-state index is 4.44. The number of halogens is 2. The third kappa shape index (κ3) is 3.93. The molecule has 1 aromatic carbocycles. The van der Waals surface area contributed by atoms with Gasteiger partial charge in [0.1, 0.15) is 4.62 Å². The Kier molecular flexibility index (Phi) is 4.82. The van der Waals surface area contributed by atoms with Crippen molar-refractivity contribution in [3.05, 3.63) is 34.3 Å². The molecule has 0 aliphatic heterocycles. The molecule has 0 spiro atoms. The van der Waals surface area contributed by atoms with Crippen molar-refractivity contribution in [3.63, 3.8) is 0 Å². The summed E-state index contributed by atoms with van der Waals surface area (Å²) in [6.45, 7) is 5.17. The van der Waals surface area contributed by atoms with E-state index < -0.39 is 0 Å². The fraction of sp³-hybridized carbons (Fsp3) is 0.364. The highest BCUT2D eigenvalue weighted by atomic mass is 79.9. The molecule has 0 radical (unpaired) electrons. The van der Waals surface area contributed by atoms with Crippen LogP contribution in [0.5, 0.6) is 0 Å².